The van der Waals surface area contributed by atoms with Gasteiger partial charge in [0, 0.05) is 35.0 Å². The number of rotatable bonds is 7. The van der Waals surface area contributed by atoms with Crippen molar-refractivity contribution in [2.75, 3.05) is 26.6 Å². The minimum atomic E-state index is -0.802. The van der Waals surface area contributed by atoms with Crippen LogP contribution in [0.5, 0.6) is 17.2 Å². The SMILES string of the molecule is COc1cc([C@@H]2C3=C(C[C@@H](c4ccccc4)CC3=O)N=C(C)C2C(=O)Nc2ccc(F)cc2)cc(OC)c1OC. The van der Waals surface area contributed by atoms with Crippen LogP contribution in [0.25, 0.3) is 0 Å². The lowest BCUT2D eigenvalue weighted by Gasteiger charge is -2.37. The Bertz CT molecular complexity index is 1470. The van der Waals surface area contributed by atoms with Crippen molar-refractivity contribution >= 4 is 23.1 Å². The Morgan fingerprint density at radius 3 is 2.15 bits per heavy atom. The summed E-state index contributed by atoms with van der Waals surface area (Å²) < 4.78 is 30.2. The minimum absolute atomic E-state index is 0.00539. The van der Waals surface area contributed by atoms with E-state index in [0.717, 1.165) is 5.56 Å². The zero-order valence-electron chi connectivity index (χ0n) is 22.9. The number of Topliss-reactive ketones (excluding diaryl/α,β-unsaturated/α-hetero) is 1. The molecule has 1 heterocycles. The molecule has 1 N–H and O–H groups in total. The van der Waals surface area contributed by atoms with Crippen LogP contribution in [0, 0.1) is 11.7 Å². The summed E-state index contributed by atoms with van der Waals surface area (Å²) in [6, 6.07) is 19.1. The molecule has 206 valence electrons. The highest BCUT2D eigenvalue weighted by molar-refractivity contribution is 6.13. The zero-order chi connectivity index (χ0) is 28.4. The zero-order valence-corrected chi connectivity index (χ0v) is 22.9. The number of ketones is 1. The van der Waals surface area contributed by atoms with Crippen molar-refractivity contribution < 1.29 is 28.2 Å². The molecule has 2 aliphatic rings. The highest BCUT2D eigenvalue weighted by atomic mass is 19.1. The molecule has 3 aromatic rings. The van der Waals surface area contributed by atoms with Gasteiger partial charge in [0.1, 0.15) is 5.82 Å². The molecule has 0 spiro atoms. The lowest BCUT2D eigenvalue weighted by molar-refractivity contribution is -0.119. The number of benzene rings is 3. The maximum atomic E-state index is 13.9. The molecule has 1 amide bonds. The standard InChI is InChI=1S/C32H31FN2O5/c1-18-28(32(37)35-23-12-10-22(33)11-13-23)29(21-16-26(38-2)31(40-4)27(17-21)39-3)30-24(34-18)14-20(15-25(30)36)19-8-6-5-7-9-19/h5-13,16-17,20,28-29H,14-15H2,1-4H3,(H,35,37)/t20-,28?,29+/m1/s1. The molecule has 5 rings (SSSR count). The molecular weight excluding hydrogens is 511 g/mol. The van der Waals surface area contributed by atoms with Gasteiger partial charge < -0.3 is 19.5 Å². The van der Waals surface area contributed by atoms with Crippen LogP contribution in [0.15, 0.2) is 83.0 Å². The number of allylic oxidation sites excluding steroid dienone is 2. The van der Waals surface area contributed by atoms with Gasteiger partial charge in [0.25, 0.3) is 0 Å². The fourth-order valence-electron chi connectivity index (χ4n) is 5.75. The van der Waals surface area contributed by atoms with Crippen molar-refractivity contribution in [2.24, 2.45) is 10.9 Å². The van der Waals surface area contributed by atoms with Crippen LogP contribution in [0.4, 0.5) is 10.1 Å². The summed E-state index contributed by atoms with van der Waals surface area (Å²) in [6.07, 6.45) is 0.889. The number of hydrogen-bond donors (Lipinski definition) is 1. The molecule has 1 unspecified atom stereocenters. The normalized spacial score (nSPS) is 20.4. The van der Waals surface area contributed by atoms with Gasteiger partial charge >= 0.3 is 0 Å². The van der Waals surface area contributed by atoms with Crippen LogP contribution >= 0.6 is 0 Å². The molecule has 0 aromatic heterocycles. The number of amides is 1. The second-order valence-corrected chi connectivity index (χ2v) is 9.96. The van der Waals surface area contributed by atoms with E-state index in [9.17, 15) is 14.0 Å². The summed E-state index contributed by atoms with van der Waals surface area (Å²) >= 11 is 0. The number of aliphatic imine (C=N–C) groups is 1. The largest absolute Gasteiger partial charge is 0.493 e. The predicted molar refractivity (Wildman–Crippen MR) is 151 cm³/mol. The van der Waals surface area contributed by atoms with Crippen LogP contribution in [-0.4, -0.2) is 38.7 Å². The second kappa shape index (κ2) is 11.3. The van der Waals surface area contributed by atoms with E-state index in [0.29, 0.717) is 58.3 Å². The summed E-state index contributed by atoms with van der Waals surface area (Å²) in [4.78, 5) is 32.6. The second-order valence-electron chi connectivity index (χ2n) is 9.96. The molecule has 0 bridgehead atoms. The summed E-state index contributed by atoms with van der Waals surface area (Å²) in [5, 5.41) is 2.89. The molecule has 0 radical (unpaired) electrons. The van der Waals surface area contributed by atoms with Crippen molar-refractivity contribution in [3.05, 3.63) is 94.9 Å². The first-order valence-electron chi connectivity index (χ1n) is 13.1. The summed E-state index contributed by atoms with van der Waals surface area (Å²) in [7, 11) is 4.56. The van der Waals surface area contributed by atoms with Crippen LogP contribution in [0.1, 0.15) is 42.7 Å². The Hall–Kier alpha value is -4.46. The Balaban J connectivity index is 1.63. The van der Waals surface area contributed by atoms with Gasteiger partial charge in [-0.05, 0) is 66.8 Å². The number of hydrogen-bond acceptors (Lipinski definition) is 6. The van der Waals surface area contributed by atoms with E-state index in [-0.39, 0.29) is 17.6 Å². The average Bonchev–Trinajstić information content (AvgIpc) is 2.97. The van der Waals surface area contributed by atoms with Crippen molar-refractivity contribution in [3.8, 4) is 17.2 Å². The van der Waals surface area contributed by atoms with Gasteiger partial charge in [0.2, 0.25) is 11.7 Å². The summed E-state index contributed by atoms with van der Waals surface area (Å²) in [5.41, 5.74) is 3.98. The molecule has 1 aliphatic heterocycles. The van der Waals surface area contributed by atoms with Crippen LogP contribution < -0.4 is 19.5 Å². The molecule has 3 aromatic carbocycles. The Kier molecular flexibility index (Phi) is 7.69. The number of carbonyl (C=O) groups excluding carboxylic acids is 2. The fourth-order valence-corrected chi connectivity index (χ4v) is 5.75. The number of nitrogens with zero attached hydrogens (tertiary/aromatic N) is 1. The fraction of sp³-hybridized carbons (Fsp3) is 0.281. The molecule has 3 atom stereocenters. The third-order valence-corrected chi connectivity index (χ3v) is 7.60. The topological polar surface area (TPSA) is 86.2 Å². The van der Waals surface area contributed by atoms with E-state index in [2.05, 4.69) is 5.32 Å². The lowest BCUT2D eigenvalue weighted by Crippen LogP contribution is -2.39. The van der Waals surface area contributed by atoms with Gasteiger partial charge in [-0.1, -0.05) is 30.3 Å². The van der Waals surface area contributed by atoms with E-state index in [1.165, 1.54) is 45.6 Å². The van der Waals surface area contributed by atoms with Gasteiger partial charge in [0.05, 0.1) is 27.2 Å². The van der Waals surface area contributed by atoms with E-state index in [1.807, 2.05) is 30.3 Å². The number of halogens is 1. The third-order valence-electron chi connectivity index (χ3n) is 7.60. The van der Waals surface area contributed by atoms with Crippen molar-refractivity contribution in [1.29, 1.82) is 0 Å². The first-order valence-corrected chi connectivity index (χ1v) is 13.1. The average molecular weight is 543 g/mol. The first-order chi connectivity index (χ1) is 19.3. The van der Waals surface area contributed by atoms with E-state index in [1.54, 1.807) is 19.1 Å². The van der Waals surface area contributed by atoms with E-state index >= 15 is 0 Å². The molecule has 0 fully saturated rings. The number of nitrogens with one attached hydrogen (secondary N) is 1. The Morgan fingerprint density at radius 2 is 1.55 bits per heavy atom. The molecule has 0 saturated carbocycles. The monoisotopic (exact) mass is 542 g/mol. The van der Waals surface area contributed by atoms with Gasteiger partial charge in [0.15, 0.2) is 17.3 Å². The van der Waals surface area contributed by atoms with E-state index < -0.39 is 17.7 Å². The van der Waals surface area contributed by atoms with Crippen molar-refractivity contribution in [1.82, 2.24) is 0 Å². The smallest absolute Gasteiger partial charge is 0.234 e. The maximum Gasteiger partial charge on any atom is 0.234 e. The van der Waals surface area contributed by atoms with Gasteiger partial charge in [-0.3, -0.25) is 14.6 Å². The Morgan fingerprint density at radius 1 is 0.900 bits per heavy atom. The van der Waals surface area contributed by atoms with Gasteiger partial charge in [-0.15, -0.1) is 0 Å². The van der Waals surface area contributed by atoms with Crippen LogP contribution in [0.2, 0.25) is 0 Å². The number of carbonyl (C=O) groups is 2. The van der Waals surface area contributed by atoms with E-state index in [4.69, 9.17) is 19.2 Å². The lowest BCUT2D eigenvalue weighted by atomic mass is 9.69. The number of anilines is 1. The van der Waals surface area contributed by atoms with Crippen LogP contribution in [0.3, 0.4) is 0 Å². The first kappa shape index (κ1) is 27.1. The summed E-state index contributed by atoms with van der Waals surface area (Å²) in [6.45, 7) is 1.81. The third kappa shape index (κ3) is 5.09. The Labute approximate surface area is 232 Å². The quantitative estimate of drug-likeness (QED) is 0.392. The highest BCUT2D eigenvalue weighted by Crippen LogP contribution is 2.49. The summed E-state index contributed by atoms with van der Waals surface area (Å²) in [5.74, 6) is -1.01. The highest BCUT2D eigenvalue weighted by Gasteiger charge is 2.44. The van der Waals surface area contributed by atoms with Crippen molar-refractivity contribution in [3.63, 3.8) is 0 Å². The van der Waals surface area contributed by atoms with Gasteiger partial charge in [-0.25, -0.2) is 4.39 Å². The molecule has 40 heavy (non-hydrogen) atoms. The molecule has 7 nitrogen and oxygen atoms in total. The molecule has 1 aliphatic carbocycles. The number of ether oxygens (including phenoxy) is 3. The van der Waals surface area contributed by atoms with Crippen molar-refractivity contribution in [2.45, 2.75) is 31.6 Å². The maximum absolute atomic E-state index is 13.9. The predicted octanol–water partition coefficient (Wildman–Crippen LogP) is 6.07. The minimum Gasteiger partial charge on any atom is -0.493 e. The van der Waals surface area contributed by atoms with Crippen LogP contribution in [-0.2, 0) is 9.59 Å². The molecule has 0 saturated heterocycles. The number of methoxy groups -OCH3 is 3. The molecular formula is C32H31FN2O5. The molecule has 8 heteroatoms. The van der Waals surface area contributed by atoms with Gasteiger partial charge in [-0.2, -0.15) is 0 Å².